The third kappa shape index (κ3) is 32.2. The van der Waals surface area contributed by atoms with E-state index in [1.807, 2.05) is 0 Å². The van der Waals surface area contributed by atoms with Gasteiger partial charge in [-0.3, -0.25) is 9.59 Å². The zero-order valence-corrected chi connectivity index (χ0v) is 30.6. The van der Waals surface area contributed by atoms with Crippen LogP contribution in [0.2, 0.25) is 0 Å². The van der Waals surface area contributed by atoms with E-state index in [1.165, 1.54) is 77.0 Å². The SMILES string of the molecule is CCC/C=C\C/C=C\CCCCCCCC(=O)OC(CCCCCCCCCC)CCCCCCCC(=O)NC(CCCN)C(=O)O. The second-order valence-electron chi connectivity index (χ2n) is 13.3. The zero-order valence-electron chi connectivity index (χ0n) is 30.6. The van der Waals surface area contributed by atoms with Gasteiger partial charge in [-0.25, -0.2) is 4.79 Å². The summed E-state index contributed by atoms with van der Waals surface area (Å²) >= 11 is 0. The van der Waals surface area contributed by atoms with Crippen molar-refractivity contribution in [3.05, 3.63) is 24.3 Å². The molecule has 0 fully saturated rings. The number of nitrogens with one attached hydrogen (secondary N) is 1. The first-order valence-electron chi connectivity index (χ1n) is 19.7. The average Bonchev–Trinajstić information content (AvgIpc) is 3.05. The van der Waals surface area contributed by atoms with Gasteiger partial charge < -0.3 is 20.9 Å². The van der Waals surface area contributed by atoms with Crippen molar-refractivity contribution in [2.24, 2.45) is 5.73 Å². The number of hydrogen-bond donors (Lipinski definition) is 3. The monoisotopic (exact) mass is 663 g/mol. The van der Waals surface area contributed by atoms with Gasteiger partial charge in [0.25, 0.3) is 0 Å². The Bertz CT molecular complexity index is 797. The molecule has 0 saturated heterocycles. The van der Waals surface area contributed by atoms with E-state index in [-0.39, 0.29) is 18.0 Å². The topological polar surface area (TPSA) is 119 Å². The maximum atomic E-state index is 12.7. The van der Waals surface area contributed by atoms with Crippen LogP contribution in [0.4, 0.5) is 0 Å². The molecular formula is C40H74N2O5. The molecule has 1 amide bonds. The first-order valence-corrected chi connectivity index (χ1v) is 19.7. The predicted octanol–water partition coefficient (Wildman–Crippen LogP) is 10.5. The van der Waals surface area contributed by atoms with Gasteiger partial charge in [0.2, 0.25) is 5.91 Å². The molecule has 0 aliphatic carbocycles. The van der Waals surface area contributed by atoms with Crippen molar-refractivity contribution in [2.45, 2.75) is 206 Å². The summed E-state index contributed by atoms with van der Waals surface area (Å²) in [5.41, 5.74) is 5.47. The van der Waals surface area contributed by atoms with Crippen LogP contribution in [0, 0.1) is 0 Å². The second-order valence-corrected chi connectivity index (χ2v) is 13.3. The summed E-state index contributed by atoms with van der Waals surface area (Å²) in [7, 11) is 0. The molecule has 0 saturated carbocycles. The number of nitrogens with two attached hydrogens (primary N) is 1. The van der Waals surface area contributed by atoms with Crippen LogP contribution >= 0.6 is 0 Å². The van der Waals surface area contributed by atoms with Gasteiger partial charge in [0.1, 0.15) is 12.1 Å². The molecule has 0 aromatic rings. The molecule has 7 nitrogen and oxygen atoms in total. The van der Waals surface area contributed by atoms with Crippen molar-refractivity contribution < 1.29 is 24.2 Å². The normalized spacial score (nSPS) is 12.9. The maximum Gasteiger partial charge on any atom is 0.326 e. The molecule has 2 atom stereocenters. The molecule has 0 aromatic heterocycles. The lowest BCUT2D eigenvalue weighted by Gasteiger charge is -2.18. The fourth-order valence-electron chi connectivity index (χ4n) is 5.78. The van der Waals surface area contributed by atoms with E-state index in [1.54, 1.807) is 0 Å². The van der Waals surface area contributed by atoms with Crippen LogP contribution in [0.5, 0.6) is 0 Å². The van der Waals surface area contributed by atoms with Gasteiger partial charge in [0.05, 0.1) is 0 Å². The fraction of sp³-hybridized carbons (Fsp3) is 0.825. The molecule has 7 heteroatoms. The number of carbonyl (C=O) groups is 3. The molecule has 4 N–H and O–H groups in total. The molecule has 0 bridgehead atoms. The maximum absolute atomic E-state index is 12.7. The predicted molar refractivity (Wildman–Crippen MR) is 197 cm³/mol. The average molecular weight is 663 g/mol. The number of hydrogen-bond acceptors (Lipinski definition) is 5. The van der Waals surface area contributed by atoms with E-state index >= 15 is 0 Å². The van der Waals surface area contributed by atoms with Crippen LogP contribution < -0.4 is 11.1 Å². The summed E-state index contributed by atoms with van der Waals surface area (Å²) in [6.07, 6.45) is 37.9. The van der Waals surface area contributed by atoms with Crippen LogP contribution in [-0.4, -0.2) is 41.6 Å². The highest BCUT2D eigenvalue weighted by Crippen LogP contribution is 2.19. The molecular weight excluding hydrogens is 588 g/mol. The number of amides is 1. The van der Waals surface area contributed by atoms with E-state index in [4.69, 9.17) is 10.5 Å². The lowest BCUT2D eigenvalue weighted by molar-refractivity contribution is -0.150. The molecule has 274 valence electrons. The summed E-state index contributed by atoms with van der Waals surface area (Å²) in [5, 5.41) is 11.9. The Kier molecular flexibility index (Phi) is 33.6. The van der Waals surface area contributed by atoms with E-state index in [0.717, 1.165) is 77.0 Å². The molecule has 0 spiro atoms. The van der Waals surface area contributed by atoms with Crippen LogP contribution in [-0.2, 0) is 19.1 Å². The highest BCUT2D eigenvalue weighted by atomic mass is 16.5. The molecule has 0 aliphatic rings. The number of carbonyl (C=O) groups excluding carboxylic acids is 2. The first kappa shape index (κ1) is 44.9. The van der Waals surface area contributed by atoms with Crippen molar-refractivity contribution in [2.75, 3.05) is 6.54 Å². The Morgan fingerprint density at radius 1 is 0.617 bits per heavy atom. The Hall–Kier alpha value is -2.15. The standard InChI is InChI=1S/C40H74N2O5/c1-3-5-7-9-11-13-14-15-16-17-19-24-28-34-39(44)47-36(30-25-21-18-12-10-8-6-4-2)31-26-22-20-23-27-33-38(43)42-37(40(45)46)32-29-35-41/h7,9,13-14,36-37H,3-6,8,10-12,15-35,41H2,1-2H3,(H,42,43)(H,45,46)/b9-7-,14-13-. The molecule has 0 heterocycles. The zero-order chi connectivity index (χ0) is 34.6. The summed E-state index contributed by atoms with van der Waals surface area (Å²) in [4.78, 5) is 36.2. The molecule has 0 rings (SSSR count). The smallest absolute Gasteiger partial charge is 0.326 e. The molecule has 0 radical (unpaired) electrons. The minimum atomic E-state index is -1.01. The third-order valence-electron chi connectivity index (χ3n) is 8.75. The Morgan fingerprint density at radius 3 is 1.72 bits per heavy atom. The van der Waals surface area contributed by atoms with Crippen LogP contribution in [0.15, 0.2) is 24.3 Å². The van der Waals surface area contributed by atoms with Gasteiger partial charge in [0, 0.05) is 12.8 Å². The number of allylic oxidation sites excluding steroid dienone is 4. The van der Waals surface area contributed by atoms with Gasteiger partial charge in [-0.2, -0.15) is 0 Å². The van der Waals surface area contributed by atoms with Crippen molar-refractivity contribution in [3.8, 4) is 0 Å². The minimum absolute atomic E-state index is 0.0125. The highest BCUT2D eigenvalue weighted by Gasteiger charge is 2.19. The first-order chi connectivity index (χ1) is 22.9. The van der Waals surface area contributed by atoms with Crippen molar-refractivity contribution >= 4 is 17.8 Å². The van der Waals surface area contributed by atoms with Gasteiger partial charge in [-0.15, -0.1) is 0 Å². The van der Waals surface area contributed by atoms with E-state index in [2.05, 4.69) is 43.5 Å². The molecule has 0 aliphatic heterocycles. The van der Waals surface area contributed by atoms with Crippen molar-refractivity contribution in [1.29, 1.82) is 0 Å². The summed E-state index contributed by atoms with van der Waals surface area (Å²) in [5.74, 6) is -1.24. The fourth-order valence-corrected chi connectivity index (χ4v) is 5.78. The van der Waals surface area contributed by atoms with Crippen LogP contribution in [0.25, 0.3) is 0 Å². The number of ether oxygens (including phenoxy) is 1. The van der Waals surface area contributed by atoms with Crippen LogP contribution in [0.1, 0.15) is 194 Å². The van der Waals surface area contributed by atoms with Gasteiger partial charge in [-0.05, 0) is 83.6 Å². The number of aliphatic carboxylic acids is 1. The van der Waals surface area contributed by atoms with E-state index < -0.39 is 12.0 Å². The lowest BCUT2D eigenvalue weighted by atomic mass is 10.0. The van der Waals surface area contributed by atoms with Gasteiger partial charge in [-0.1, -0.05) is 128 Å². The molecule has 2 unspecified atom stereocenters. The Morgan fingerprint density at radius 2 is 1.15 bits per heavy atom. The Labute approximate surface area is 289 Å². The summed E-state index contributed by atoms with van der Waals surface area (Å²) < 4.78 is 6.00. The number of esters is 1. The van der Waals surface area contributed by atoms with Gasteiger partial charge >= 0.3 is 11.9 Å². The van der Waals surface area contributed by atoms with Crippen molar-refractivity contribution in [3.63, 3.8) is 0 Å². The molecule has 0 aromatic carbocycles. The number of rotatable bonds is 35. The van der Waals surface area contributed by atoms with E-state index in [9.17, 15) is 19.5 Å². The van der Waals surface area contributed by atoms with Crippen molar-refractivity contribution in [1.82, 2.24) is 5.32 Å². The van der Waals surface area contributed by atoms with Crippen LogP contribution in [0.3, 0.4) is 0 Å². The largest absolute Gasteiger partial charge is 0.480 e. The van der Waals surface area contributed by atoms with Gasteiger partial charge in [0.15, 0.2) is 0 Å². The lowest BCUT2D eigenvalue weighted by Crippen LogP contribution is -2.40. The Balaban J connectivity index is 4.27. The summed E-state index contributed by atoms with van der Waals surface area (Å²) in [6, 6.07) is -0.854. The highest BCUT2D eigenvalue weighted by molar-refractivity contribution is 5.83. The minimum Gasteiger partial charge on any atom is -0.480 e. The molecule has 47 heavy (non-hydrogen) atoms. The quantitative estimate of drug-likeness (QED) is 0.0353. The number of unbranched alkanes of at least 4 members (excludes halogenated alkanes) is 17. The summed E-state index contributed by atoms with van der Waals surface area (Å²) in [6.45, 7) is 4.86. The third-order valence-corrected chi connectivity index (χ3v) is 8.75. The van der Waals surface area contributed by atoms with E-state index in [0.29, 0.717) is 32.2 Å². The number of carboxylic acids is 1. The number of carboxylic acid groups (broad SMARTS) is 1. The second kappa shape index (κ2) is 35.2.